The highest BCUT2D eigenvalue weighted by molar-refractivity contribution is 5.74. The van der Waals surface area contributed by atoms with Crippen molar-refractivity contribution in [1.82, 2.24) is 14.9 Å². The van der Waals surface area contributed by atoms with E-state index in [0.717, 1.165) is 24.8 Å². The lowest BCUT2D eigenvalue weighted by molar-refractivity contribution is 0.0196. The van der Waals surface area contributed by atoms with E-state index >= 15 is 0 Å². The second-order valence-corrected chi connectivity index (χ2v) is 7.80. The van der Waals surface area contributed by atoms with Crippen LogP contribution in [-0.2, 0) is 4.74 Å². The Morgan fingerprint density at radius 2 is 1.89 bits per heavy atom. The molecule has 148 valence electrons. The second-order valence-electron chi connectivity index (χ2n) is 7.80. The Bertz CT molecular complexity index is 830. The number of benzene rings is 1. The normalized spacial score (nSPS) is 17.1. The number of rotatable bonds is 4. The van der Waals surface area contributed by atoms with Gasteiger partial charge in [-0.25, -0.2) is 9.78 Å². The van der Waals surface area contributed by atoms with Crippen molar-refractivity contribution in [3.63, 3.8) is 0 Å². The number of hydrogen-bond acceptors (Lipinski definition) is 6. The van der Waals surface area contributed by atoms with Crippen molar-refractivity contribution in [3.8, 4) is 11.6 Å². The molecule has 1 atom stereocenters. The van der Waals surface area contributed by atoms with Crippen LogP contribution in [0.2, 0.25) is 0 Å². The van der Waals surface area contributed by atoms with Crippen molar-refractivity contribution in [2.24, 2.45) is 0 Å². The molecule has 1 fully saturated rings. The third-order valence-corrected chi connectivity index (χ3v) is 4.38. The van der Waals surface area contributed by atoms with E-state index in [9.17, 15) is 9.59 Å². The van der Waals surface area contributed by atoms with Gasteiger partial charge in [-0.3, -0.25) is 9.78 Å². The number of aromatic nitrogens is 2. The highest BCUT2D eigenvalue weighted by Crippen LogP contribution is 2.33. The lowest BCUT2D eigenvalue weighted by Crippen LogP contribution is -2.42. The van der Waals surface area contributed by atoms with Gasteiger partial charge < -0.3 is 14.4 Å². The van der Waals surface area contributed by atoms with Crippen LogP contribution in [0.15, 0.2) is 36.7 Å². The van der Waals surface area contributed by atoms with Crippen LogP contribution in [0.1, 0.15) is 55.6 Å². The molecule has 1 amide bonds. The van der Waals surface area contributed by atoms with Crippen LogP contribution in [0, 0.1) is 0 Å². The third kappa shape index (κ3) is 5.06. The fourth-order valence-corrected chi connectivity index (χ4v) is 3.11. The molecular formula is C21H25N3O4. The minimum absolute atomic E-state index is 0.0132. The molecule has 0 saturated carbocycles. The van der Waals surface area contributed by atoms with Crippen molar-refractivity contribution in [1.29, 1.82) is 0 Å². The van der Waals surface area contributed by atoms with Crippen LogP contribution >= 0.6 is 0 Å². The first-order valence-corrected chi connectivity index (χ1v) is 9.37. The Hall–Kier alpha value is -2.96. The maximum absolute atomic E-state index is 12.4. The standard InChI is InChI=1S/C21H25N3O4/c1-21(2,3)28-20(26)24-12-4-5-16(13-24)18-19(23-11-10-22-18)27-17-8-6-15(14-25)7-9-17/h6-11,14,16H,4-5,12-13H2,1-3H3. The maximum Gasteiger partial charge on any atom is 0.410 e. The third-order valence-electron chi connectivity index (χ3n) is 4.38. The van der Waals surface area contributed by atoms with E-state index in [4.69, 9.17) is 9.47 Å². The van der Waals surface area contributed by atoms with Crippen LogP contribution in [0.4, 0.5) is 4.79 Å². The van der Waals surface area contributed by atoms with Gasteiger partial charge in [-0.05, 0) is 57.9 Å². The molecule has 0 spiro atoms. The van der Waals surface area contributed by atoms with Gasteiger partial charge in [0.1, 0.15) is 23.3 Å². The van der Waals surface area contributed by atoms with E-state index in [1.165, 1.54) is 0 Å². The van der Waals surface area contributed by atoms with Gasteiger partial charge >= 0.3 is 6.09 Å². The predicted molar refractivity (Wildman–Crippen MR) is 104 cm³/mol. The Morgan fingerprint density at radius 3 is 2.57 bits per heavy atom. The van der Waals surface area contributed by atoms with Gasteiger partial charge in [0.25, 0.3) is 0 Å². The minimum atomic E-state index is -0.529. The summed E-state index contributed by atoms with van der Waals surface area (Å²) in [6, 6.07) is 6.80. The SMILES string of the molecule is CC(C)(C)OC(=O)N1CCCC(c2nccnc2Oc2ccc(C=O)cc2)C1. The summed E-state index contributed by atoms with van der Waals surface area (Å²) in [7, 11) is 0. The number of piperidine rings is 1. The zero-order chi connectivity index (χ0) is 20.1. The quantitative estimate of drug-likeness (QED) is 0.736. The van der Waals surface area contributed by atoms with E-state index in [0.29, 0.717) is 30.3 Å². The molecule has 1 aliphatic rings. The minimum Gasteiger partial charge on any atom is -0.444 e. The summed E-state index contributed by atoms with van der Waals surface area (Å²) >= 11 is 0. The molecule has 0 bridgehead atoms. The van der Waals surface area contributed by atoms with Gasteiger partial charge in [0, 0.05) is 37.0 Å². The molecule has 7 heteroatoms. The molecule has 3 rings (SSSR count). The topological polar surface area (TPSA) is 81.6 Å². The van der Waals surface area contributed by atoms with Gasteiger partial charge in [0.05, 0.1) is 0 Å². The summed E-state index contributed by atoms with van der Waals surface area (Å²) in [4.78, 5) is 33.8. The van der Waals surface area contributed by atoms with Crippen LogP contribution in [0.5, 0.6) is 11.6 Å². The van der Waals surface area contributed by atoms with Gasteiger partial charge in [-0.15, -0.1) is 0 Å². The molecule has 1 aromatic heterocycles. The molecule has 0 N–H and O–H groups in total. The molecule has 2 heterocycles. The first-order chi connectivity index (χ1) is 13.4. The van der Waals surface area contributed by atoms with Gasteiger partial charge in [0.15, 0.2) is 0 Å². The summed E-state index contributed by atoms with van der Waals surface area (Å²) in [6.45, 7) is 6.74. The Kier molecular flexibility index (Phi) is 5.92. The number of hydrogen-bond donors (Lipinski definition) is 0. The van der Waals surface area contributed by atoms with Crippen molar-refractivity contribution >= 4 is 12.4 Å². The largest absolute Gasteiger partial charge is 0.444 e. The van der Waals surface area contributed by atoms with Gasteiger partial charge in [-0.2, -0.15) is 0 Å². The fourth-order valence-electron chi connectivity index (χ4n) is 3.11. The Balaban J connectivity index is 1.75. The number of aldehydes is 1. The average molecular weight is 383 g/mol. The van der Waals surface area contributed by atoms with Crippen molar-refractivity contribution in [3.05, 3.63) is 47.9 Å². The zero-order valence-electron chi connectivity index (χ0n) is 16.4. The molecule has 7 nitrogen and oxygen atoms in total. The van der Waals surface area contributed by atoms with E-state index in [2.05, 4.69) is 9.97 Å². The monoisotopic (exact) mass is 383 g/mol. The number of likely N-dealkylation sites (tertiary alicyclic amines) is 1. The number of nitrogens with zero attached hydrogens (tertiary/aromatic N) is 3. The highest BCUT2D eigenvalue weighted by atomic mass is 16.6. The van der Waals surface area contributed by atoms with Crippen LogP contribution in [0.25, 0.3) is 0 Å². The smallest absolute Gasteiger partial charge is 0.410 e. The van der Waals surface area contributed by atoms with Crippen molar-refractivity contribution < 1.29 is 19.1 Å². The van der Waals surface area contributed by atoms with Crippen molar-refractivity contribution in [2.75, 3.05) is 13.1 Å². The zero-order valence-corrected chi connectivity index (χ0v) is 16.4. The Morgan fingerprint density at radius 1 is 1.18 bits per heavy atom. The van der Waals surface area contributed by atoms with E-state index in [-0.39, 0.29) is 12.0 Å². The highest BCUT2D eigenvalue weighted by Gasteiger charge is 2.30. The first kappa shape index (κ1) is 19.8. The summed E-state index contributed by atoms with van der Waals surface area (Å²) in [6.07, 6.45) is 5.42. The lowest BCUT2D eigenvalue weighted by atomic mass is 9.95. The van der Waals surface area contributed by atoms with E-state index in [1.54, 1.807) is 41.6 Å². The number of ether oxygens (including phenoxy) is 2. The van der Waals surface area contributed by atoms with Crippen LogP contribution < -0.4 is 4.74 Å². The Labute approximate surface area is 164 Å². The number of carbonyl (C=O) groups excluding carboxylic acids is 2. The van der Waals surface area contributed by atoms with E-state index in [1.807, 2.05) is 20.8 Å². The van der Waals surface area contributed by atoms with E-state index < -0.39 is 5.60 Å². The summed E-state index contributed by atoms with van der Waals surface area (Å²) in [5.74, 6) is 1.00. The number of amides is 1. The van der Waals surface area contributed by atoms with Crippen molar-refractivity contribution in [2.45, 2.75) is 45.1 Å². The maximum atomic E-state index is 12.4. The molecule has 1 unspecified atom stereocenters. The summed E-state index contributed by atoms with van der Waals surface area (Å²) < 4.78 is 11.4. The second kappa shape index (κ2) is 8.37. The summed E-state index contributed by atoms with van der Waals surface area (Å²) in [5, 5.41) is 0. The van der Waals surface area contributed by atoms with Crippen LogP contribution in [0.3, 0.4) is 0 Å². The molecule has 28 heavy (non-hydrogen) atoms. The molecule has 1 saturated heterocycles. The van der Waals surface area contributed by atoms with Crippen LogP contribution in [-0.4, -0.2) is 45.9 Å². The molecule has 1 aliphatic heterocycles. The molecule has 1 aromatic carbocycles. The molecular weight excluding hydrogens is 358 g/mol. The number of carbonyl (C=O) groups is 2. The predicted octanol–water partition coefficient (Wildman–Crippen LogP) is 4.20. The fraction of sp³-hybridized carbons (Fsp3) is 0.429. The molecule has 0 aliphatic carbocycles. The van der Waals surface area contributed by atoms with Gasteiger partial charge in [-0.1, -0.05) is 0 Å². The summed E-state index contributed by atoms with van der Waals surface area (Å²) in [5.41, 5.74) is 0.764. The molecule has 2 aromatic rings. The lowest BCUT2D eigenvalue weighted by Gasteiger charge is -2.34. The average Bonchev–Trinajstić information content (AvgIpc) is 2.68. The molecule has 0 radical (unpaired) electrons. The first-order valence-electron chi connectivity index (χ1n) is 9.37. The van der Waals surface area contributed by atoms with Gasteiger partial charge in [0.2, 0.25) is 5.88 Å².